The van der Waals surface area contributed by atoms with Gasteiger partial charge in [-0.2, -0.15) is 13.2 Å². The Morgan fingerprint density at radius 3 is 2.54 bits per heavy atom. The van der Waals surface area contributed by atoms with Crippen molar-refractivity contribution in [3.63, 3.8) is 0 Å². The molecule has 0 unspecified atom stereocenters. The van der Waals surface area contributed by atoms with Crippen LogP contribution in [0, 0.1) is 5.92 Å². The molecule has 2 heterocycles. The summed E-state index contributed by atoms with van der Waals surface area (Å²) in [5, 5.41) is 0. The van der Waals surface area contributed by atoms with Crippen molar-refractivity contribution in [1.82, 2.24) is 4.72 Å². The number of rotatable bonds is 5. The van der Waals surface area contributed by atoms with E-state index >= 15 is 0 Å². The number of hydrogen-bond acceptors (Lipinski definition) is 5. The number of nitrogens with one attached hydrogen (secondary N) is 1. The predicted molar refractivity (Wildman–Crippen MR) is 122 cm³/mol. The first kappa shape index (κ1) is 25.5. The maximum atomic E-state index is 13.3. The van der Waals surface area contributed by atoms with E-state index in [1.807, 2.05) is 13.8 Å². The van der Waals surface area contributed by atoms with Crippen molar-refractivity contribution >= 4 is 15.9 Å². The van der Waals surface area contributed by atoms with Crippen LogP contribution in [0.1, 0.15) is 74.0 Å². The molecule has 10 heteroatoms. The van der Waals surface area contributed by atoms with Gasteiger partial charge in [-0.05, 0) is 63.4 Å². The zero-order valence-electron chi connectivity index (χ0n) is 19.7. The molecule has 3 atom stereocenters. The van der Waals surface area contributed by atoms with E-state index in [9.17, 15) is 26.4 Å². The quantitative estimate of drug-likeness (QED) is 0.563. The molecule has 0 saturated carbocycles. The minimum atomic E-state index is -4.90. The summed E-state index contributed by atoms with van der Waals surface area (Å²) in [6.07, 6.45) is -1.53. The molecule has 0 radical (unpaired) electrons. The van der Waals surface area contributed by atoms with Crippen molar-refractivity contribution < 1.29 is 35.9 Å². The molecule has 2 aliphatic heterocycles. The Hall–Kier alpha value is -2.59. The Morgan fingerprint density at radius 2 is 1.86 bits per heavy atom. The number of sulfonamides is 1. The molecule has 0 aromatic heterocycles. The largest absolute Gasteiger partial charge is 0.487 e. The number of carbonyl (C=O) groups excluding carboxylic acids is 1. The first-order valence-electron chi connectivity index (χ1n) is 11.6. The fraction of sp³-hybridized carbons (Fsp3) is 0.480. The fourth-order valence-corrected chi connectivity index (χ4v) is 6.16. The van der Waals surface area contributed by atoms with Crippen LogP contribution in [0.3, 0.4) is 0 Å². The lowest BCUT2D eigenvalue weighted by Gasteiger charge is -2.48. The van der Waals surface area contributed by atoms with Crippen LogP contribution in [-0.2, 0) is 20.9 Å². The van der Waals surface area contributed by atoms with Gasteiger partial charge in [0.1, 0.15) is 11.4 Å². The Bertz CT molecular complexity index is 1230. The van der Waals surface area contributed by atoms with Crippen LogP contribution >= 0.6 is 0 Å². The Kier molecular flexibility index (Phi) is 6.65. The van der Waals surface area contributed by atoms with E-state index in [1.165, 1.54) is 18.2 Å². The third kappa shape index (κ3) is 5.04. The lowest BCUT2D eigenvalue weighted by molar-refractivity contribution is -0.151. The second kappa shape index (κ2) is 9.13. The highest BCUT2D eigenvalue weighted by atomic mass is 32.2. The summed E-state index contributed by atoms with van der Waals surface area (Å²) in [6.45, 7) is 6.06. The molecule has 1 N–H and O–H groups in total. The Morgan fingerprint density at radius 1 is 1.14 bits per heavy atom. The second-order valence-corrected chi connectivity index (χ2v) is 11.2. The van der Waals surface area contributed by atoms with Gasteiger partial charge in [0, 0.05) is 17.0 Å². The Balaban J connectivity index is 1.65. The summed E-state index contributed by atoms with van der Waals surface area (Å²) in [4.78, 5) is 11.9. The first-order valence-corrected chi connectivity index (χ1v) is 13.0. The maximum Gasteiger partial charge on any atom is 0.417 e. The Labute approximate surface area is 202 Å². The van der Waals surface area contributed by atoms with Crippen LogP contribution in [0.25, 0.3) is 0 Å². The predicted octanol–water partition coefficient (Wildman–Crippen LogP) is 5.63. The monoisotopic (exact) mass is 511 g/mol. The lowest BCUT2D eigenvalue weighted by atomic mass is 9.74. The van der Waals surface area contributed by atoms with Gasteiger partial charge in [0.2, 0.25) is 0 Å². The van der Waals surface area contributed by atoms with Crippen LogP contribution in [0.15, 0.2) is 47.4 Å². The van der Waals surface area contributed by atoms with Crippen LogP contribution in [0.5, 0.6) is 5.75 Å². The normalized spacial score (nSPS) is 23.5. The highest BCUT2D eigenvalue weighted by Gasteiger charge is 2.47. The molecular formula is C25H28F3NO5S. The molecule has 35 heavy (non-hydrogen) atoms. The van der Waals surface area contributed by atoms with E-state index in [1.54, 1.807) is 10.8 Å². The van der Waals surface area contributed by atoms with Crippen molar-refractivity contribution in [2.45, 2.75) is 75.3 Å². The molecule has 2 aromatic rings. The van der Waals surface area contributed by atoms with Crippen LogP contribution in [0.2, 0.25) is 0 Å². The van der Waals surface area contributed by atoms with Crippen molar-refractivity contribution in [2.24, 2.45) is 5.92 Å². The molecule has 1 amide bonds. The number of hydrogen-bond donors (Lipinski definition) is 1. The minimum absolute atomic E-state index is 0.0138. The molecule has 0 bridgehead atoms. The number of carbonyl (C=O) groups is 1. The average molecular weight is 512 g/mol. The summed E-state index contributed by atoms with van der Waals surface area (Å²) in [5.74, 6) is -0.467. The molecular weight excluding hydrogens is 483 g/mol. The summed E-state index contributed by atoms with van der Waals surface area (Å²) in [7, 11) is -4.78. The van der Waals surface area contributed by atoms with E-state index in [2.05, 4.69) is 6.92 Å². The molecule has 1 fully saturated rings. The second-order valence-electron chi connectivity index (χ2n) is 9.54. The number of ether oxygens (including phenoxy) is 2. The van der Waals surface area contributed by atoms with E-state index in [0.717, 1.165) is 37.8 Å². The van der Waals surface area contributed by atoms with E-state index in [4.69, 9.17) is 9.47 Å². The first-order chi connectivity index (χ1) is 16.3. The van der Waals surface area contributed by atoms with Crippen molar-refractivity contribution in [3.05, 3.63) is 59.2 Å². The summed E-state index contributed by atoms with van der Waals surface area (Å²) < 4.78 is 79.8. The fourth-order valence-electron chi connectivity index (χ4n) is 4.96. The SMILES string of the molecule is CCC[C@@H]1CC[C@@H]2[C@@H](O1)c1cc(C(=O)NS(=O)(=O)c3ccccc3C(F)(F)F)ccc1OC2(C)C. The standard InChI is InChI=1S/C25H28F3NO5S/c1-4-7-16-11-12-19-22(33-16)17-14-15(10-13-20(17)34-24(19,2)3)23(30)29-35(31,32)21-9-6-5-8-18(21)25(26,27)28/h5-6,8-10,13-14,16,19,22H,4,7,11-12H2,1-3H3,(H,29,30)/t16-,19-,22+/m1/s1. The summed E-state index contributed by atoms with van der Waals surface area (Å²) >= 11 is 0. The topological polar surface area (TPSA) is 81.7 Å². The van der Waals surface area contributed by atoms with E-state index in [0.29, 0.717) is 17.4 Å². The van der Waals surface area contributed by atoms with Crippen molar-refractivity contribution in [2.75, 3.05) is 0 Å². The zero-order chi connectivity index (χ0) is 25.6. The molecule has 4 rings (SSSR count). The van der Waals surface area contributed by atoms with Gasteiger partial charge in [-0.1, -0.05) is 25.5 Å². The number of fused-ring (bicyclic) bond motifs is 3. The van der Waals surface area contributed by atoms with Crippen LogP contribution < -0.4 is 9.46 Å². The third-order valence-corrected chi connectivity index (χ3v) is 8.06. The van der Waals surface area contributed by atoms with Crippen molar-refractivity contribution in [3.8, 4) is 5.75 Å². The van der Waals surface area contributed by atoms with Gasteiger partial charge in [-0.3, -0.25) is 4.79 Å². The van der Waals surface area contributed by atoms with E-state index in [-0.39, 0.29) is 23.7 Å². The molecule has 6 nitrogen and oxygen atoms in total. The molecule has 2 aliphatic rings. The van der Waals surface area contributed by atoms with Crippen LogP contribution in [-0.4, -0.2) is 26.0 Å². The van der Waals surface area contributed by atoms with Crippen LogP contribution in [0.4, 0.5) is 13.2 Å². The van der Waals surface area contributed by atoms with Gasteiger partial charge >= 0.3 is 6.18 Å². The van der Waals surface area contributed by atoms with Gasteiger partial charge < -0.3 is 9.47 Å². The molecule has 2 aromatic carbocycles. The van der Waals surface area contributed by atoms with Crippen molar-refractivity contribution in [1.29, 1.82) is 0 Å². The zero-order valence-corrected chi connectivity index (χ0v) is 20.5. The smallest absolute Gasteiger partial charge is 0.417 e. The molecule has 1 saturated heterocycles. The van der Waals surface area contributed by atoms with Gasteiger partial charge in [0.05, 0.1) is 22.7 Å². The minimum Gasteiger partial charge on any atom is -0.487 e. The number of amides is 1. The number of benzene rings is 2. The third-order valence-electron chi connectivity index (χ3n) is 6.67. The summed E-state index contributed by atoms with van der Waals surface area (Å²) in [5.41, 5.74) is -1.22. The van der Waals surface area contributed by atoms with Gasteiger partial charge in [0.25, 0.3) is 15.9 Å². The molecule has 0 spiro atoms. The average Bonchev–Trinajstić information content (AvgIpc) is 2.78. The highest BCUT2D eigenvalue weighted by Crippen LogP contribution is 2.51. The number of alkyl halides is 3. The summed E-state index contributed by atoms with van der Waals surface area (Å²) in [6, 6.07) is 8.20. The van der Waals surface area contributed by atoms with E-state index < -0.39 is 38.2 Å². The lowest BCUT2D eigenvalue weighted by Crippen LogP contribution is -2.48. The van der Waals surface area contributed by atoms with Gasteiger partial charge in [-0.25, -0.2) is 13.1 Å². The highest BCUT2D eigenvalue weighted by molar-refractivity contribution is 7.90. The van der Waals surface area contributed by atoms with Gasteiger partial charge in [-0.15, -0.1) is 0 Å². The van der Waals surface area contributed by atoms with Gasteiger partial charge in [0.15, 0.2) is 0 Å². The molecule has 0 aliphatic carbocycles. The molecule has 190 valence electrons. The maximum absolute atomic E-state index is 13.3. The number of halogens is 3.